The van der Waals surface area contributed by atoms with Gasteiger partial charge in [-0.05, 0) is 29.5 Å². The maximum atomic E-state index is 13.1. The van der Waals surface area contributed by atoms with Gasteiger partial charge < -0.3 is 26.3 Å². The first kappa shape index (κ1) is 26.8. The summed E-state index contributed by atoms with van der Waals surface area (Å²) < 4.78 is 0. The Labute approximate surface area is 224 Å². The second-order valence-corrected chi connectivity index (χ2v) is 11.1. The summed E-state index contributed by atoms with van der Waals surface area (Å²) in [4.78, 5) is 52.7. The standard InChI is InChI=1S/C22H24N6O6S3/c1-2-7-23-22(33)25-15(13-5-4-9-35-13)18(29)24-16-19(30)28-17(21(31)32)12(11-37-20(16)28)10-36-14-6-3-8-27(34)26-14/h3-6,8-9,15-16,20H,2,7,10-11H2,1H3,(H,24,29)(H,31,32)(H2,23,25,33)/t15?,16-,20?/m0/s1. The van der Waals surface area contributed by atoms with Crippen LogP contribution in [0.4, 0.5) is 4.79 Å². The van der Waals surface area contributed by atoms with Gasteiger partial charge in [0.05, 0.1) is 0 Å². The second kappa shape index (κ2) is 11.8. The summed E-state index contributed by atoms with van der Waals surface area (Å²) in [6.45, 7) is 2.35. The number of hydrogen-bond acceptors (Lipinski definition) is 9. The summed E-state index contributed by atoms with van der Waals surface area (Å²) in [7, 11) is 0. The van der Waals surface area contributed by atoms with E-state index in [9.17, 15) is 29.5 Å². The van der Waals surface area contributed by atoms with Gasteiger partial charge in [-0.15, -0.1) is 23.1 Å². The minimum atomic E-state index is -1.25. The van der Waals surface area contributed by atoms with Gasteiger partial charge in [-0.2, -0.15) is 0 Å². The second-order valence-electron chi connectivity index (χ2n) is 8.04. The number of hydrogen-bond donors (Lipinski definition) is 4. The Morgan fingerprint density at radius 2 is 2.16 bits per heavy atom. The number of amides is 4. The van der Waals surface area contributed by atoms with Crippen molar-refractivity contribution in [2.24, 2.45) is 0 Å². The molecule has 12 nitrogen and oxygen atoms in total. The molecular formula is C22H24N6O6S3. The molecule has 37 heavy (non-hydrogen) atoms. The Kier molecular flexibility index (Phi) is 8.56. The lowest BCUT2D eigenvalue weighted by atomic mass is 10.0. The van der Waals surface area contributed by atoms with Gasteiger partial charge in [-0.1, -0.05) is 29.6 Å². The van der Waals surface area contributed by atoms with Crippen molar-refractivity contribution in [3.8, 4) is 0 Å². The van der Waals surface area contributed by atoms with Gasteiger partial charge >= 0.3 is 12.0 Å². The lowest BCUT2D eigenvalue weighted by Gasteiger charge is -2.49. The maximum Gasteiger partial charge on any atom is 0.352 e. The molecule has 2 aliphatic heterocycles. The first-order valence-electron chi connectivity index (χ1n) is 11.3. The molecule has 1 fully saturated rings. The minimum absolute atomic E-state index is 0.121. The summed E-state index contributed by atoms with van der Waals surface area (Å²) >= 11 is 3.83. The highest BCUT2D eigenvalue weighted by molar-refractivity contribution is 8.01. The molecule has 2 aromatic rings. The highest BCUT2D eigenvalue weighted by Gasteiger charge is 2.54. The molecule has 196 valence electrons. The number of urea groups is 1. The van der Waals surface area contributed by atoms with Crippen LogP contribution in [0.5, 0.6) is 0 Å². The number of fused-ring (bicyclic) bond motifs is 1. The highest BCUT2D eigenvalue weighted by atomic mass is 32.2. The zero-order chi connectivity index (χ0) is 26.5. The number of rotatable bonds is 10. The summed E-state index contributed by atoms with van der Waals surface area (Å²) in [5.41, 5.74) is 0.398. The van der Waals surface area contributed by atoms with E-state index in [-0.39, 0.29) is 11.4 Å². The minimum Gasteiger partial charge on any atom is -0.594 e. The highest BCUT2D eigenvalue weighted by Crippen LogP contribution is 2.41. The number of thioether (sulfide) groups is 2. The van der Waals surface area contributed by atoms with Crippen molar-refractivity contribution in [3.63, 3.8) is 0 Å². The van der Waals surface area contributed by atoms with Gasteiger partial charge in [-0.3, -0.25) is 14.5 Å². The fraction of sp³-hybridized carbons (Fsp3) is 0.364. The average Bonchev–Trinajstić information content (AvgIpc) is 3.41. The predicted molar refractivity (Wildman–Crippen MR) is 137 cm³/mol. The number of carboxylic acid groups (broad SMARTS) is 1. The molecule has 3 atom stereocenters. The van der Waals surface area contributed by atoms with E-state index in [1.165, 1.54) is 46.0 Å². The number of aromatic nitrogens is 2. The van der Waals surface area contributed by atoms with Crippen LogP contribution in [0.3, 0.4) is 0 Å². The SMILES string of the molecule is CCCNC(=O)NC(C(=O)N[C@H]1C(=O)N2C(C(=O)O)=C(CSc3ccc[n+]([O-])n3)CSC12)c1cccs1. The summed E-state index contributed by atoms with van der Waals surface area (Å²) in [6.07, 6.45) is 1.98. The number of carboxylic acids is 1. The molecule has 2 aromatic heterocycles. The van der Waals surface area contributed by atoms with E-state index >= 15 is 0 Å². The molecular weight excluding hydrogens is 540 g/mol. The molecule has 4 N–H and O–H groups in total. The summed E-state index contributed by atoms with van der Waals surface area (Å²) in [5, 5.41) is 34.7. The molecule has 0 bridgehead atoms. The molecule has 2 unspecified atom stereocenters. The van der Waals surface area contributed by atoms with Crippen LogP contribution < -0.4 is 20.8 Å². The monoisotopic (exact) mass is 564 g/mol. The zero-order valence-electron chi connectivity index (χ0n) is 19.6. The summed E-state index contributed by atoms with van der Waals surface area (Å²) in [6, 6.07) is 4.21. The first-order chi connectivity index (χ1) is 17.8. The maximum absolute atomic E-state index is 13.1. The van der Waals surface area contributed by atoms with Crippen LogP contribution in [-0.4, -0.2) is 68.4 Å². The van der Waals surface area contributed by atoms with Crippen LogP contribution in [0, 0.1) is 5.21 Å². The van der Waals surface area contributed by atoms with Gasteiger partial charge in [0, 0.05) is 34.1 Å². The average molecular weight is 565 g/mol. The van der Waals surface area contributed by atoms with Crippen LogP contribution in [0.25, 0.3) is 0 Å². The smallest absolute Gasteiger partial charge is 0.352 e. The lowest BCUT2D eigenvalue weighted by molar-refractivity contribution is -0.672. The normalized spacial score (nSPS) is 19.5. The molecule has 1 saturated heterocycles. The number of carbonyl (C=O) groups is 4. The number of nitrogens with one attached hydrogen (secondary N) is 3. The van der Waals surface area contributed by atoms with Crippen LogP contribution in [0.2, 0.25) is 0 Å². The Balaban J connectivity index is 1.45. The molecule has 4 amide bonds. The van der Waals surface area contributed by atoms with Crippen LogP contribution >= 0.6 is 34.9 Å². The third-order valence-corrected chi connectivity index (χ3v) is 8.78. The molecule has 0 aromatic carbocycles. The van der Waals surface area contributed by atoms with Gasteiger partial charge in [0.1, 0.15) is 23.2 Å². The molecule has 0 saturated carbocycles. The number of carbonyl (C=O) groups excluding carboxylic acids is 3. The van der Waals surface area contributed by atoms with E-state index in [0.29, 0.717) is 32.6 Å². The molecule has 0 aliphatic carbocycles. The van der Waals surface area contributed by atoms with Crippen molar-refractivity contribution < 1.29 is 29.1 Å². The quantitative estimate of drug-likeness (QED) is 0.143. The zero-order valence-corrected chi connectivity index (χ0v) is 22.0. The van der Waals surface area contributed by atoms with Crippen molar-refractivity contribution in [1.29, 1.82) is 0 Å². The van der Waals surface area contributed by atoms with Crippen molar-refractivity contribution in [3.05, 3.63) is 57.2 Å². The summed E-state index contributed by atoms with van der Waals surface area (Å²) in [5.74, 6) is -1.79. The van der Waals surface area contributed by atoms with Crippen molar-refractivity contribution >= 4 is 58.7 Å². The van der Waals surface area contributed by atoms with Crippen molar-refractivity contribution in [2.75, 3.05) is 18.1 Å². The topological polar surface area (TPSA) is 168 Å². The van der Waals surface area contributed by atoms with Crippen LogP contribution in [0.1, 0.15) is 24.3 Å². The van der Waals surface area contributed by atoms with E-state index in [1.807, 2.05) is 6.92 Å². The molecule has 4 rings (SSSR count). The van der Waals surface area contributed by atoms with Crippen molar-refractivity contribution in [1.82, 2.24) is 25.9 Å². The fourth-order valence-corrected chi connectivity index (χ4v) is 6.90. The van der Waals surface area contributed by atoms with E-state index in [1.54, 1.807) is 29.6 Å². The number of thiophene rings is 1. The third-order valence-electron chi connectivity index (χ3n) is 5.49. The lowest BCUT2D eigenvalue weighted by Crippen LogP contribution is -2.71. The van der Waals surface area contributed by atoms with Gasteiger partial charge in [-0.25, -0.2) is 9.59 Å². The van der Waals surface area contributed by atoms with Crippen LogP contribution in [0.15, 0.2) is 52.1 Å². The molecule has 15 heteroatoms. The predicted octanol–water partition coefficient (Wildman–Crippen LogP) is 1.06. The number of β-lactam (4-membered cyclic amide) rings is 1. The molecule has 0 spiro atoms. The van der Waals surface area contributed by atoms with Crippen LogP contribution in [-0.2, 0) is 14.4 Å². The Hall–Kier alpha value is -3.30. The van der Waals surface area contributed by atoms with E-state index in [2.05, 4.69) is 21.0 Å². The Morgan fingerprint density at radius 1 is 1.35 bits per heavy atom. The first-order valence-corrected chi connectivity index (χ1v) is 14.2. The van der Waals surface area contributed by atoms with Gasteiger partial charge in [0.15, 0.2) is 5.03 Å². The Morgan fingerprint density at radius 3 is 2.84 bits per heavy atom. The van der Waals surface area contributed by atoms with E-state index < -0.39 is 41.3 Å². The van der Waals surface area contributed by atoms with E-state index in [4.69, 9.17) is 0 Å². The number of nitrogens with zero attached hydrogens (tertiary/aromatic N) is 3. The van der Waals surface area contributed by atoms with Gasteiger partial charge in [0.2, 0.25) is 12.1 Å². The Bertz CT molecular complexity index is 1220. The van der Waals surface area contributed by atoms with E-state index in [0.717, 1.165) is 6.42 Å². The van der Waals surface area contributed by atoms with Crippen molar-refractivity contribution in [2.45, 2.75) is 35.8 Å². The fourth-order valence-electron chi connectivity index (χ4n) is 3.77. The van der Waals surface area contributed by atoms with Gasteiger partial charge in [0.25, 0.3) is 5.91 Å². The largest absolute Gasteiger partial charge is 0.594 e. The third kappa shape index (κ3) is 5.99. The molecule has 2 aliphatic rings. The molecule has 0 radical (unpaired) electrons. The number of aliphatic carboxylic acids is 1. The molecule has 4 heterocycles.